The van der Waals surface area contributed by atoms with Gasteiger partial charge < -0.3 is 19.4 Å². The van der Waals surface area contributed by atoms with Crippen LogP contribution in [0.15, 0.2) is 47.6 Å². The lowest BCUT2D eigenvalue weighted by molar-refractivity contribution is -0.118. The third kappa shape index (κ3) is 4.77. The van der Waals surface area contributed by atoms with Crippen molar-refractivity contribution in [1.82, 2.24) is 14.8 Å². The number of aromatic nitrogens is 3. The Bertz CT molecular complexity index is 1140. The summed E-state index contributed by atoms with van der Waals surface area (Å²) in [5.41, 5.74) is 1.96. The number of nitrogens with zero attached hydrogens (tertiary/aromatic N) is 3. The molecule has 32 heavy (non-hydrogen) atoms. The highest BCUT2D eigenvalue weighted by atomic mass is 32.2. The number of hydrogen-bond donors (Lipinski definition) is 1. The molecule has 2 heterocycles. The highest BCUT2D eigenvalue weighted by Crippen LogP contribution is 2.30. The summed E-state index contributed by atoms with van der Waals surface area (Å²) >= 11 is 1.35. The third-order valence-electron chi connectivity index (χ3n) is 4.88. The smallest absolute Gasteiger partial charge is 0.262 e. The molecule has 1 N–H and O–H groups in total. The molecule has 1 aliphatic heterocycles. The van der Waals surface area contributed by atoms with Gasteiger partial charge in [0.15, 0.2) is 23.4 Å². The van der Waals surface area contributed by atoms with Gasteiger partial charge in [-0.2, -0.15) is 0 Å². The molecule has 0 aliphatic carbocycles. The zero-order valence-electron chi connectivity index (χ0n) is 18.1. The first-order valence-electron chi connectivity index (χ1n) is 10.2. The van der Waals surface area contributed by atoms with Gasteiger partial charge in [-0.15, -0.1) is 10.2 Å². The number of benzene rings is 2. The minimum absolute atomic E-state index is 0.0157. The monoisotopic (exact) mass is 452 g/mol. The van der Waals surface area contributed by atoms with Crippen molar-refractivity contribution >= 4 is 29.1 Å². The molecule has 8 nitrogen and oxygen atoms in total. The fourth-order valence-corrected chi connectivity index (χ4v) is 4.19. The van der Waals surface area contributed by atoms with Gasteiger partial charge in [-0.1, -0.05) is 25.6 Å². The maximum atomic E-state index is 12.8. The predicted molar refractivity (Wildman–Crippen MR) is 122 cm³/mol. The molecule has 2 aromatic carbocycles. The van der Waals surface area contributed by atoms with Crippen molar-refractivity contribution < 1.29 is 19.1 Å². The lowest BCUT2D eigenvalue weighted by atomic mass is 10.1. The normalized spacial score (nSPS) is 12.8. The highest BCUT2D eigenvalue weighted by molar-refractivity contribution is 7.99. The van der Waals surface area contributed by atoms with Crippen molar-refractivity contribution in [2.45, 2.75) is 25.5 Å². The average molecular weight is 453 g/mol. The van der Waals surface area contributed by atoms with E-state index in [-0.39, 0.29) is 24.1 Å². The van der Waals surface area contributed by atoms with Gasteiger partial charge in [0.1, 0.15) is 11.5 Å². The van der Waals surface area contributed by atoms with E-state index in [9.17, 15) is 9.59 Å². The van der Waals surface area contributed by atoms with Crippen LogP contribution in [-0.4, -0.2) is 45.9 Å². The zero-order chi connectivity index (χ0) is 22.7. The number of ether oxygens (including phenoxy) is 2. The quantitative estimate of drug-likeness (QED) is 0.409. The third-order valence-corrected chi connectivity index (χ3v) is 5.85. The molecular weight excluding hydrogens is 428 g/mol. The van der Waals surface area contributed by atoms with Gasteiger partial charge in [0.05, 0.1) is 18.6 Å². The first-order valence-corrected chi connectivity index (χ1v) is 11.2. The van der Waals surface area contributed by atoms with Crippen LogP contribution in [-0.2, 0) is 11.3 Å². The van der Waals surface area contributed by atoms with Gasteiger partial charge in [-0.3, -0.25) is 9.59 Å². The Hall–Kier alpha value is -3.33. The number of carbonyl (C=O) groups excluding carboxylic acids is 2. The molecule has 0 bridgehead atoms. The van der Waals surface area contributed by atoms with Crippen LogP contribution in [0, 0.1) is 5.92 Å². The minimum atomic E-state index is -0.232. The first kappa shape index (κ1) is 21.9. The van der Waals surface area contributed by atoms with Gasteiger partial charge in [0.2, 0.25) is 0 Å². The molecule has 0 spiro atoms. The number of anilines is 1. The number of methoxy groups -OCH3 is 1. The summed E-state index contributed by atoms with van der Waals surface area (Å²) < 4.78 is 12.6. The predicted octanol–water partition coefficient (Wildman–Crippen LogP) is 3.92. The van der Waals surface area contributed by atoms with Crippen molar-refractivity contribution in [2.24, 2.45) is 5.92 Å². The highest BCUT2D eigenvalue weighted by Gasteiger charge is 2.20. The van der Waals surface area contributed by atoms with Crippen molar-refractivity contribution in [3.8, 4) is 22.9 Å². The fraction of sp³-hybridized carbons (Fsp3) is 0.304. The molecule has 0 saturated carbocycles. The number of hydrogen-bond acceptors (Lipinski definition) is 7. The van der Waals surface area contributed by atoms with E-state index in [1.807, 2.05) is 28.8 Å². The van der Waals surface area contributed by atoms with Gasteiger partial charge in [-0.25, -0.2) is 0 Å². The topological polar surface area (TPSA) is 95.3 Å². The molecule has 0 atom stereocenters. The van der Waals surface area contributed by atoms with Gasteiger partial charge >= 0.3 is 0 Å². The minimum Gasteiger partial charge on any atom is -0.497 e. The lowest BCUT2D eigenvalue weighted by Gasteiger charge is -2.18. The lowest BCUT2D eigenvalue weighted by Crippen LogP contribution is -2.25. The molecule has 0 saturated heterocycles. The van der Waals surface area contributed by atoms with Crippen molar-refractivity contribution in [2.75, 3.05) is 24.8 Å². The number of ketones is 1. The van der Waals surface area contributed by atoms with Gasteiger partial charge in [0, 0.05) is 17.7 Å². The van der Waals surface area contributed by atoms with Crippen LogP contribution < -0.4 is 14.8 Å². The van der Waals surface area contributed by atoms with E-state index >= 15 is 0 Å². The molecule has 0 unspecified atom stereocenters. The molecule has 4 rings (SSSR count). The maximum Gasteiger partial charge on any atom is 0.262 e. The molecule has 166 valence electrons. The summed E-state index contributed by atoms with van der Waals surface area (Å²) in [6, 6.07) is 12.7. The Labute approximate surface area is 190 Å². The molecule has 1 aliphatic rings. The van der Waals surface area contributed by atoms with Crippen LogP contribution in [0.1, 0.15) is 24.2 Å². The van der Waals surface area contributed by atoms with E-state index in [1.54, 1.807) is 25.3 Å². The van der Waals surface area contributed by atoms with Gasteiger partial charge in [0.25, 0.3) is 5.91 Å². The second-order valence-corrected chi connectivity index (χ2v) is 8.74. The molecule has 9 heteroatoms. The molecule has 1 amide bonds. The molecular formula is C23H24N4O4S. The molecule has 1 aromatic heterocycles. The SMILES string of the molecule is COc1ccc(-c2nnc(SCC(=O)c3ccc4c(c3)NC(=O)CO4)n2CC(C)C)cc1. The number of thioether (sulfide) groups is 1. The molecule has 3 aromatic rings. The average Bonchev–Trinajstić information content (AvgIpc) is 3.18. The summed E-state index contributed by atoms with van der Waals surface area (Å²) in [5, 5.41) is 12.2. The Morgan fingerprint density at radius 1 is 1.22 bits per heavy atom. The van der Waals surface area contributed by atoms with E-state index in [0.717, 1.165) is 23.7 Å². The number of amides is 1. The molecule has 0 radical (unpaired) electrons. The number of nitrogens with one attached hydrogen (secondary N) is 1. The zero-order valence-corrected chi connectivity index (χ0v) is 18.9. The maximum absolute atomic E-state index is 12.8. The van der Waals surface area contributed by atoms with Crippen LogP contribution in [0.4, 0.5) is 5.69 Å². The van der Waals surface area contributed by atoms with Crippen LogP contribution in [0.2, 0.25) is 0 Å². The Kier molecular flexibility index (Phi) is 6.45. The van der Waals surface area contributed by atoms with E-state index in [1.165, 1.54) is 11.8 Å². The number of carbonyl (C=O) groups is 2. The second-order valence-electron chi connectivity index (χ2n) is 7.80. The van der Waals surface area contributed by atoms with Crippen molar-refractivity contribution in [1.29, 1.82) is 0 Å². The first-order chi connectivity index (χ1) is 15.4. The summed E-state index contributed by atoms with van der Waals surface area (Å²) in [5.74, 6) is 2.37. The number of fused-ring (bicyclic) bond motifs is 1. The summed E-state index contributed by atoms with van der Waals surface area (Å²) in [6.45, 7) is 4.97. The van der Waals surface area contributed by atoms with Crippen molar-refractivity contribution in [3.05, 3.63) is 48.0 Å². The van der Waals surface area contributed by atoms with Crippen molar-refractivity contribution in [3.63, 3.8) is 0 Å². The Morgan fingerprint density at radius 2 is 2.00 bits per heavy atom. The van der Waals surface area contributed by atoms with Crippen LogP contribution in [0.25, 0.3) is 11.4 Å². The second kappa shape index (κ2) is 9.44. The van der Waals surface area contributed by atoms with Crippen LogP contribution in [0.5, 0.6) is 11.5 Å². The van der Waals surface area contributed by atoms with Crippen LogP contribution in [0.3, 0.4) is 0 Å². The largest absolute Gasteiger partial charge is 0.497 e. The van der Waals surface area contributed by atoms with E-state index < -0.39 is 0 Å². The van der Waals surface area contributed by atoms with E-state index in [2.05, 4.69) is 29.4 Å². The Morgan fingerprint density at radius 3 is 2.72 bits per heavy atom. The summed E-state index contributed by atoms with van der Waals surface area (Å²) in [4.78, 5) is 24.4. The van der Waals surface area contributed by atoms with Crippen LogP contribution >= 0.6 is 11.8 Å². The van der Waals surface area contributed by atoms with E-state index in [4.69, 9.17) is 9.47 Å². The standard InChI is InChI=1S/C23H24N4O4S/c1-14(2)11-27-22(15-4-7-17(30-3)8-5-15)25-26-23(27)32-13-19(28)16-6-9-20-18(10-16)24-21(29)12-31-20/h4-10,14H,11-13H2,1-3H3,(H,24,29). The fourth-order valence-electron chi connectivity index (χ4n) is 3.35. The Balaban J connectivity index is 1.52. The number of rotatable bonds is 8. The van der Waals surface area contributed by atoms with Gasteiger partial charge in [-0.05, 0) is 48.4 Å². The van der Waals surface area contributed by atoms with E-state index in [0.29, 0.717) is 28.1 Å². The summed E-state index contributed by atoms with van der Waals surface area (Å²) in [6.07, 6.45) is 0. The summed E-state index contributed by atoms with van der Waals surface area (Å²) in [7, 11) is 1.63. The molecule has 0 fully saturated rings. The number of Topliss-reactive ketones (excluding diaryl/α,β-unsaturated/α-hetero) is 1.